The molecule has 4 heteroatoms. The third kappa shape index (κ3) is 3.83. The highest BCUT2D eigenvalue weighted by Gasteiger charge is 2.12. The van der Waals surface area contributed by atoms with Gasteiger partial charge in [0.15, 0.2) is 0 Å². The molecule has 20 heavy (non-hydrogen) atoms. The molecular formula is C16H20N2O2. The summed E-state index contributed by atoms with van der Waals surface area (Å²) in [5.41, 5.74) is 2.32. The topological polar surface area (TPSA) is 41.6 Å². The van der Waals surface area contributed by atoms with Gasteiger partial charge in [-0.05, 0) is 24.6 Å². The van der Waals surface area contributed by atoms with Crippen LogP contribution < -0.4 is 5.32 Å². The molecule has 0 aliphatic carbocycles. The monoisotopic (exact) mass is 272 g/mol. The molecule has 0 radical (unpaired) electrons. The van der Waals surface area contributed by atoms with Crippen LogP contribution in [-0.4, -0.2) is 50.2 Å². The molecule has 1 aliphatic rings. The number of benzene rings is 1. The van der Waals surface area contributed by atoms with Crippen molar-refractivity contribution >= 4 is 5.91 Å². The maximum atomic E-state index is 12.2. The summed E-state index contributed by atoms with van der Waals surface area (Å²) in [6.45, 7) is 6.82. The lowest BCUT2D eigenvalue weighted by molar-refractivity contribution is 0.0383. The summed E-state index contributed by atoms with van der Waals surface area (Å²) in [4.78, 5) is 14.4. The molecule has 1 aromatic carbocycles. The van der Waals surface area contributed by atoms with Gasteiger partial charge in [0, 0.05) is 37.3 Å². The van der Waals surface area contributed by atoms with Gasteiger partial charge in [0.1, 0.15) is 0 Å². The van der Waals surface area contributed by atoms with Crippen LogP contribution in [0.2, 0.25) is 0 Å². The van der Waals surface area contributed by atoms with Gasteiger partial charge in [-0.25, -0.2) is 0 Å². The van der Waals surface area contributed by atoms with Crippen molar-refractivity contribution in [1.29, 1.82) is 0 Å². The Morgan fingerprint density at radius 1 is 1.45 bits per heavy atom. The third-order valence-electron chi connectivity index (χ3n) is 3.47. The van der Waals surface area contributed by atoms with E-state index in [2.05, 4.69) is 16.1 Å². The van der Waals surface area contributed by atoms with Crippen molar-refractivity contribution in [3.05, 3.63) is 34.9 Å². The van der Waals surface area contributed by atoms with Crippen LogP contribution in [0.25, 0.3) is 0 Å². The second-order valence-corrected chi connectivity index (χ2v) is 4.88. The van der Waals surface area contributed by atoms with Crippen molar-refractivity contribution in [1.82, 2.24) is 10.2 Å². The molecule has 0 spiro atoms. The van der Waals surface area contributed by atoms with Crippen LogP contribution in [0.1, 0.15) is 21.5 Å². The van der Waals surface area contributed by atoms with Gasteiger partial charge < -0.3 is 10.1 Å². The number of ether oxygens (including phenoxy) is 1. The lowest BCUT2D eigenvalue weighted by Crippen LogP contribution is -2.41. The van der Waals surface area contributed by atoms with E-state index in [9.17, 15) is 4.79 Å². The van der Waals surface area contributed by atoms with E-state index in [0.717, 1.165) is 44.0 Å². The quantitative estimate of drug-likeness (QED) is 0.833. The van der Waals surface area contributed by atoms with Gasteiger partial charge in [0.25, 0.3) is 5.91 Å². The molecule has 1 saturated heterocycles. The van der Waals surface area contributed by atoms with Crippen molar-refractivity contribution < 1.29 is 9.53 Å². The first-order chi connectivity index (χ1) is 9.70. The van der Waals surface area contributed by atoms with Crippen molar-refractivity contribution in [2.24, 2.45) is 0 Å². The van der Waals surface area contributed by atoms with Crippen LogP contribution in [0.15, 0.2) is 18.2 Å². The highest BCUT2D eigenvalue weighted by atomic mass is 16.5. The molecule has 1 heterocycles. The van der Waals surface area contributed by atoms with Crippen molar-refractivity contribution in [3.63, 3.8) is 0 Å². The minimum atomic E-state index is -0.0622. The van der Waals surface area contributed by atoms with E-state index in [1.165, 1.54) is 0 Å². The second kappa shape index (κ2) is 7.09. The summed E-state index contributed by atoms with van der Waals surface area (Å²) in [6.07, 6.45) is 5.37. The van der Waals surface area contributed by atoms with Crippen LogP contribution in [0.3, 0.4) is 0 Å². The van der Waals surface area contributed by atoms with Crippen molar-refractivity contribution in [2.75, 3.05) is 39.4 Å². The number of nitrogens with zero attached hydrogens (tertiary/aromatic N) is 1. The van der Waals surface area contributed by atoms with E-state index in [-0.39, 0.29) is 5.91 Å². The lowest BCUT2D eigenvalue weighted by atomic mass is 10.0. The molecule has 0 saturated carbocycles. The van der Waals surface area contributed by atoms with Crippen molar-refractivity contribution in [3.8, 4) is 12.3 Å². The number of carbonyl (C=O) groups excluding carboxylic acids is 1. The SMILES string of the molecule is C#Cc1ccc(C)c(C(=O)NCCN2CCOCC2)c1. The first kappa shape index (κ1) is 14.6. The standard InChI is InChI=1S/C16H20N2O2/c1-3-14-5-4-13(2)15(12-14)16(19)17-6-7-18-8-10-20-11-9-18/h1,4-5,12H,6-11H2,2H3,(H,17,19). The van der Waals surface area contributed by atoms with Crippen LogP contribution in [0.5, 0.6) is 0 Å². The van der Waals surface area contributed by atoms with E-state index in [1.807, 2.05) is 19.1 Å². The van der Waals surface area contributed by atoms with Crippen LogP contribution in [0, 0.1) is 19.3 Å². The zero-order valence-corrected chi connectivity index (χ0v) is 11.8. The number of hydrogen-bond donors (Lipinski definition) is 1. The number of morpholine rings is 1. The Kier molecular flexibility index (Phi) is 5.16. The average molecular weight is 272 g/mol. The zero-order valence-electron chi connectivity index (χ0n) is 11.8. The average Bonchev–Trinajstić information content (AvgIpc) is 2.48. The molecule has 1 fully saturated rings. The smallest absolute Gasteiger partial charge is 0.251 e. The van der Waals surface area contributed by atoms with Gasteiger partial charge in [0.2, 0.25) is 0 Å². The molecule has 2 rings (SSSR count). The van der Waals surface area contributed by atoms with Crippen LogP contribution in [0.4, 0.5) is 0 Å². The van der Waals surface area contributed by atoms with Crippen molar-refractivity contribution in [2.45, 2.75) is 6.92 Å². The third-order valence-corrected chi connectivity index (χ3v) is 3.47. The molecule has 0 atom stereocenters. The molecule has 0 aromatic heterocycles. The fraction of sp³-hybridized carbons (Fsp3) is 0.438. The minimum absolute atomic E-state index is 0.0622. The molecule has 1 aromatic rings. The van der Waals surface area contributed by atoms with E-state index in [4.69, 9.17) is 11.2 Å². The van der Waals surface area contributed by atoms with E-state index in [1.54, 1.807) is 6.07 Å². The van der Waals surface area contributed by atoms with Crippen LogP contribution >= 0.6 is 0 Å². The van der Waals surface area contributed by atoms with E-state index in [0.29, 0.717) is 12.1 Å². The van der Waals surface area contributed by atoms with Gasteiger partial charge in [0.05, 0.1) is 13.2 Å². The summed E-state index contributed by atoms with van der Waals surface area (Å²) in [5.74, 6) is 2.49. The Balaban J connectivity index is 1.87. The summed E-state index contributed by atoms with van der Waals surface area (Å²) in [5, 5.41) is 2.95. The summed E-state index contributed by atoms with van der Waals surface area (Å²) < 4.78 is 5.29. The predicted molar refractivity (Wildman–Crippen MR) is 78.7 cm³/mol. The molecular weight excluding hydrogens is 252 g/mol. The molecule has 1 aliphatic heterocycles. The Morgan fingerprint density at radius 2 is 2.20 bits per heavy atom. The van der Waals surface area contributed by atoms with E-state index < -0.39 is 0 Å². The van der Waals surface area contributed by atoms with Crippen LogP contribution in [-0.2, 0) is 4.74 Å². The highest BCUT2D eigenvalue weighted by molar-refractivity contribution is 5.96. The van der Waals surface area contributed by atoms with Gasteiger partial charge in [-0.1, -0.05) is 12.0 Å². The van der Waals surface area contributed by atoms with E-state index >= 15 is 0 Å². The molecule has 4 nitrogen and oxygen atoms in total. The maximum Gasteiger partial charge on any atom is 0.251 e. The zero-order chi connectivity index (χ0) is 14.4. The number of terminal acetylenes is 1. The summed E-state index contributed by atoms with van der Waals surface area (Å²) in [6, 6.07) is 5.49. The molecule has 0 bridgehead atoms. The minimum Gasteiger partial charge on any atom is -0.379 e. The Bertz CT molecular complexity index is 514. The number of carbonyl (C=O) groups is 1. The number of nitrogens with one attached hydrogen (secondary N) is 1. The number of rotatable bonds is 4. The fourth-order valence-electron chi connectivity index (χ4n) is 2.20. The Hall–Kier alpha value is -1.83. The first-order valence-corrected chi connectivity index (χ1v) is 6.86. The predicted octanol–water partition coefficient (Wildman–Crippen LogP) is 1.04. The summed E-state index contributed by atoms with van der Waals surface area (Å²) >= 11 is 0. The van der Waals surface area contributed by atoms with Gasteiger partial charge in [-0.15, -0.1) is 6.42 Å². The first-order valence-electron chi connectivity index (χ1n) is 6.86. The molecule has 1 N–H and O–H groups in total. The molecule has 106 valence electrons. The second-order valence-electron chi connectivity index (χ2n) is 4.88. The maximum absolute atomic E-state index is 12.2. The largest absolute Gasteiger partial charge is 0.379 e. The number of hydrogen-bond acceptors (Lipinski definition) is 3. The number of aryl methyl sites for hydroxylation is 1. The Morgan fingerprint density at radius 3 is 2.90 bits per heavy atom. The number of amides is 1. The van der Waals surface area contributed by atoms with Gasteiger partial charge >= 0.3 is 0 Å². The van der Waals surface area contributed by atoms with Gasteiger partial charge in [-0.3, -0.25) is 9.69 Å². The summed E-state index contributed by atoms with van der Waals surface area (Å²) in [7, 11) is 0. The Labute approximate surface area is 120 Å². The molecule has 1 amide bonds. The fourth-order valence-corrected chi connectivity index (χ4v) is 2.20. The van der Waals surface area contributed by atoms with Gasteiger partial charge in [-0.2, -0.15) is 0 Å². The lowest BCUT2D eigenvalue weighted by Gasteiger charge is -2.26. The molecule has 0 unspecified atom stereocenters. The normalized spacial score (nSPS) is 15.6. The highest BCUT2D eigenvalue weighted by Crippen LogP contribution is 2.10.